The van der Waals surface area contributed by atoms with Crippen molar-refractivity contribution in [1.29, 1.82) is 0 Å². The third kappa shape index (κ3) is 6.89. The number of aliphatic hydroxyl groups excluding tert-OH is 1. The zero-order valence-electron chi connectivity index (χ0n) is 12.4. The molecule has 1 rings (SSSR count). The lowest BCUT2D eigenvalue weighted by Crippen LogP contribution is -2.50. The van der Waals surface area contributed by atoms with E-state index in [9.17, 15) is 4.79 Å². The van der Waals surface area contributed by atoms with Gasteiger partial charge in [-0.25, -0.2) is 0 Å². The monoisotopic (exact) mass is 273 g/mol. The van der Waals surface area contributed by atoms with Crippen LogP contribution in [-0.2, 0) is 14.3 Å². The van der Waals surface area contributed by atoms with Gasteiger partial charge in [-0.3, -0.25) is 9.69 Å². The lowest BCUT2D eigenvalue weighted by molar-refractivity contribution is -0.156. The van der Waals surface area contributed by atoms with Gasteiger partial charge < -0.3 is 14.6 Å². The molecule has 1 heterocycles. The average Bonchev–Trinajstić information content (AvgIpc) is 2.24. The Morgan fingerprint density at radius 1 is 1.37 bits per heavy atom. The number of hydrogen-bond donors (Lipinski definition) is 1. The molecule has 0 aromatic carbocycles. The van der Waals surface area contributed by atoms with Crippen LogP contribution in [0.3, 0.4) is 0 Å². The quantitative estimate of drug-likeness (QED) is 0.532. The number of likely N-dealkylation sites (tertiary alicyclic amines) is 1. The van der Waals surface area contributed by atoms with Gasteiger partial charge in [-0.2, -0.15) is 0 Å². The first kappa shape index (κ1) is 16.4. The lowest BCUT2D eigenvalue weighted by Gasteiger charge is -2.39. The summed E-state index contributed by atoms with van der Waals surface area (Å²) in [6, 6.07) is 0.349. The molecule has 0 spiro atoms. The summed E-state index contributed by atoms with van der Waals surface area (Å²) in [6.45, 7) is 8.92. The zero-order valence-corrected chi connectivity index (χ0v) is 12.4. The third-order valence-corrected chi connectivity index (χ3v) is 3.08. The summed E-state index contributed by atoms with van der Waals surface area (Å²) in [5, 5.41) is 9.03. The molecule has 0 saturated carbocycles. The minimum absolute atomic E-state index is 0.212. The van der Waals surface area contributed by atoms with E-state index in [1.165, 1.54) is 0 Å². The van der Waals surface area contributed by atoms with Crippen molar-refractivity contribution < 1.29 is 19.4 Å². The van der Waals surface area contributed by atoms with Crippen LogP contribution in [0.25, 0.3) is 0 Å². The fraction of sp³-hybridized carbons (Fsp3) is 0.929. The van der Waals surface area contributed by atoms with E-state index < -0.39 is 5.60 Å². The second-order valence-corrected chi connectivity index (χ2v) is 5.96. The second kappa shape index (κ2) is 7.82. The number of hydrogen-bond acceptors (Lipinski definition) is 5. The molecule has 0 bridgehead atoms. The molecule has 0 radical (unpaired) electrons. The largest absolute Gasteiger partial charge is 0.460 e. The van der Waals surface area contributed by atoms with Gasteiger partial charge in [0.05, 0.1) is 19.6 Å². The van der Waals surface area contributed by atoms with Gasteiger partial charge in [-0.15, -0.1) is 0 Å². The topological polar surface area (TPSA) is 59.0 Å². The lowest BCUT2D eigenvalue weighted by atomic mass is 10.0. The molecule has 0 aromatic heterocycles. The molecule has 5 heteroatoms. The number of nitrogens with zero attached hydrogens (tertiary/aromatic N) is 1. The van der Waals surface area contributed by atoms with Crippen LogP contribution in [0.1, 0.15) is 40.0 Å². The van der Waals surface area contributed by atoms with E-state index in [1.54, 1.807) is 0 Å². The Labute approximate surface area is 115 Å². The maximum absolute atomic E-state index is 11.4. The van der Waals surface area contributed by atoms with E-state index in [4.69, 9.17) is 14.6 Å². The van der Waals surface area contributed by atoms with E-state index in [0.29, 0.717) is 25.7 Å². The molecular weight excluding hydrogens is 246 g/mol. The van der Waals surface area contributed by atoms with Crippen LogP contribution in [0.15, 0.2) is 0 Å². The molecule has 1 atom stereocenters. The highest BCUT2D eigenvalue weighted by Crippen LogP contribution is 2.16. The summed E-state index contributed by atoms with van der Waals surface area (Å²) in [4.78, 5) is 13.7. The van der Waals surface area contributed by atoms with Gasteiger partial charge in [0.25, 0.3) is 0 Å². The molecule has 19 heavy (non-hydrogen) atoms. The maximum Gasteiger partial charge on any atom is 0.308 e. The highest BCUT2D eigenvalue weighted by molar-refractivity contribution is 5.69. The molecule has 5 nitrogen and oxygen atoms in total. The highest BCUT2D eigenvalue weighted by Gasteiger charge is 2.25. The Balaban J connectivity index is 1.92. The Kier molecular flexibility index (Phi) is 6.75. The van der Waals surface area contributed by atoms with Gasteiger partial charge in [-0.1, -0.05) is 0 Å². The predicted molar refractivity (Wildman–Crippen MR) is 73.0 cm³/mol. The Hall–Kier alpha value is -0.650. The number of aliphatic hydroxyl groups is 1. The summed E-state index contributed by atoms with van der Waals surface area (Å²) >= 11 is 0. The standard InChI is InChI=1S/C14H27NO4/c1-14(2,3)19-13(17)6-10-18-9-4-7-15-8-5-12(15)11-16/h12,16H,4-11H2,1-3H3/t12-/m0/s1. The van der Waals surface area contributed by atoms with E-state index in [-0.39, 0.29) is 12.6 Å². The Bertz CT molecular complexity index is 273. The van der Waals surface area contributed by atoms with E-state index in [0.717, 1.165) is 25.9 Å². The molecule has 0 aromatic rings. The van der Waals surface area contributed by atoms with Gasteiger partial charge >= 0.3 is 5.97 Å². The molecule has 0 aliphatic carbocycles. The van der Waals surface area contributed by atoms with E-state index in [1.807, 2.05) is 20.8 Å². The first-order valence-electron chi connectivity index (χ1n) is 7.07. The first-order chi connectivity index (χ1) is 8.92. The van der Waals surface area contributed by atoms with Crippen molar-refractivity contribution in [3.63, 3.8) is 0 Å². The van der Waals surface area contributed by atoms with Gasteiger partial charge in [0.15, 0.2) is 0 Å². The van der Waals surface area contributed by atoms with Gasteiger partial charge in [0.2, 0.25) is 0 Å². The van der Waals surface area contributed by atoms with Crippen LogP contribution in [0.2, 0.25) is 0 Å². The third-order valence-electron chi connectivity index (χ3n) is 3.08. The number of ether oxygens (including phenoxy) is 2. The molecule has 1 saturated heterocycles. The van der Waals surface area contributed by atoms with Gasteiger partial charge in [0.1, 0.15) is 5.60 Å². The van der Waals surface area contributed by atoms with Gasteiger partial charge in [0, 0.05) is 25.7 Å². The average molecular weight is 273 g/mol. The second-order valence-electron chi connectivity index (χ2n) is 5.96. The molecular formula is C14H27NO4. The number of rotatable bonds is 8. The summed E-state index contributed by atoms with van der Waals surface area (Å²) < 4.78 is 10.6. The van der Waals surface area contributed by atoms with Crippen LogP contribution in [-0.4, -0.2) is 60.5 Å². The summed E-state index contributed by atoms with van der Waals surface area (Å²) in [6.07, 6.45) is 2.33. The molecule has 1 aliphatic heterocycles. The fourth-order valence-corrected chi connectivity index (χ4v) is 2.02. The smallest absolute Gasteiger partial charge is 0.308 e. The highest BCUT2D eigenvalue weighted by atomic mass is 16.6. The van der Waals surface area contributed by atoms with Crippen LogP contribution >= 0.6 is 0 Å². The summed E-state index contributed by atoms with van der Waals surface area (Å²) in [7, 11) is 0. The van der Waals surface area contributed by atoms with Crippen LogP contribution in [0, 0.1) is 0 Å². The summed E-state index contributed by atoms with van der Waals surface area (Å²) in [5.74, 6) is -0.212. The van der Waals surface area contributed by atoms with Crippen molar-refractivity contribution >= 4 is 5.97 Å². The van der Waals surface area contributed by atoms with Crippen molar-refractivity contribution in [2.75, 3.05) is 32.9 Å². The van der Waals surface area contributed by atoms with Gasteiger partial charge in [-0.05, 0) is 33.6 Å². The normalized spacial score (nSPS) is 20.1. The van der Waals surface area contributed by atoms with Crippen molar-refractivity contribution in [3.05, 3.63) is 0 Å². The maximum atomic E-state index is 11.4. The van der Waals surface area contributed by atoms with Crippen LogP contribution in [0.4, 0.5) is 0 Å². The Morgan fingerprint density at radius 3 is 2.63 bits per heavy atom. The minimum atomic E-state index is -0.423. The summed E-state index contributed by atoms with van der Waals surface area (Å²) in [5.41, 5.74) is -0.423. The van der Waals surface area contributed by atoms with Crippen LogP contribution < -0.4 is 0 Å². The first-order valence-corrected chi connectivity index (χ1v) is 7.07. The minimum Gasteiger partial charge on any atom is -0.460 e. The van der Waals surface area contributed by atoms with E-state index >= 15 is 0 Å². The van der Waals surface area contributed by atoms with E-state index in [2.05, 4.69) is 4.90 Å². The SMILES string of the molecule is CC(C)(C)OC(=O)CCOCCCN1CC[C@H]1CO. The number of carbonyl (C=O) groups excluding carboxylic acids is 1. The molecule has 1 N–H and O–H groups in total. The number of carbonyl (C=O) groups is 1. The molecule has 1 fully saturated rings. The molecule has 112 valence electrons. The molecule has 0 amide bonds. The van der Waals surface area contributed by atoms with Crippen molar-refractivity contribution in [2.24, 2.45) is 0 Å². The van der Waals surface area contributed by atoms with Crippen LogP contribution in [0.5, 0.6) is 0 Å². The van der Waals surface area contributed by atoms with Crippen molar-refractivity contribution in [3.8, 4) is 0 Å². The fourth-order valence-electron chi connectivity index (χ4n) is 2.02. The zero-order chi connectivity index (χ0) is 14.3. The molecule has 0 unspecified atom stereocenters. The van der Waals surface area contributed by atoms with Crippen molar-refractivity contribution in [2.45, 2.75) is 51.7 Å². The number of esters is 1. The Morgan fingerprint density at radius 2 is 2.11 bits per heavy atom. The predicted octanol–water partition coefficient (Wildman–Crippen LogP) is 1.19. The van der Waals surface area contributed by atoms with Crippen molar-refractivity contribution in [1.82, 2.24) is 4.90 Å². The molecule has 1 aliphatic rings.